The molecule has 2 aromatic carbocycles. The number of nitrogens with one attached hydrogen (secondary N) is 1. The smallest absolute Gasteiger partial charge is 0.230 e. The fourth-order valence-corrected chi connectivity index (χ4v) is 5.47. The van der Waals surface area contributed by atoms with Gasteiger partial charge in [0.2, 0.25) is 11.8 Å². The van der Waals surface area contributed by atoms with E-state index in [2.05, 4.69) is 39.8 Å². The fraction of sp³-hybridized carbons (Fsp3) is 0.238. The van der Waals surface area contributed by atoms with Crippen LogP contribution in [0.3, 0.4) is 0 Å². The quantitative estimate of drug-likeness (QED) is 0.427. The maximum atomic E-state index is 12.3. The molecule has 0 unspecified atom stereocenters. The Morgan fingerprint density at radius 2 is 1.43 bits per heavy atom. The molecule has 0 spiro atoms. The van der Waals surface area contributed by atoms with Gasteiger partial charge in [-0.25, -0.2) is 0 Å². The van der Waals surface area contributed by atoms with Crippen molar-refractivity contribution >= 4 is 46.7 Å². The van der Waals surface area contributed by atoms with Crippen LogP contribution in [0.5, 0.6) is 0 Å². The summed E-state index contributed by atoms with van der Waals surface area (Å²) in [6, 6.07) is 20.7. The largest absolute Gasteiger partial charge is 0.369 e. The lowest BCUT2D eigenvalue weighted by molar-refractivity contribution is -0.118. The molecule has 30 heavy (non-hydrogen) atoms. The van der Waals surface area contributed by atoms with E-state index >= 15 is 0 Å². The van der Waals surface area contributed by atoms with Crippen molar-refractivity contribution in [2.24, 2.45) is 5.73 Å². The molecule has 1 aromatic heterocycles. The first-order valence-electron chi connectivity index (χ1n) is 9.36. The number of thioether (sulfide) groups is 2. The number of hydrogen-bond donors (Lipinski definition) is 2. The molecule has 1 heterocycles. The first kappa shape index (κ1) is 22.3. The highest BCUT2D eigenvalue weighted by Crippen LogP contribution is 2.29. The molecule has 0 aliphatic rings. The summed E-state index contributed by atoms with van der Waals surface area (Å²) in [4.78, 5) is 23.1. The van der Waals surface area contributed by atoms with Crippen LogP contribution in [0.1, 0.15) is 23.5 Å². The lowest BCUT2D eigenvalue weighted by Crippen LogP contribution is -2.27. The minimum atomic E-state index is -0.395. The molecule has 156 valence electrons. The molecule has 2 amide bonds. The second-order valence-corrected chi connectivity index (χ2v) is 9.81. The molecule has 0 saturated heterocycles. The molecule has 0 bridgehead atoms. The van der Waals surface area contributed by atoms with Crippen molar-refractivity contribution in [2.75, 3.05) is 18.1 Å². The Kier molecular flexibility index (Phi) is 8.73. The molecule has 0 aliphatic heterocycles. The van der Waals surface area contributed by atoms with E-state index < -0.39 is 5.91 Å². The average molecular weight is 459 g/mol. The van der Waals surface area contributed by atoms with Crippen LogP contribution in [-0.4, -0.2) is 40.1 Å². The van der Waals surface area contributed by atoms with Crippen LogP contribution in [0.25, 0.3) is 0 Å². The van der Waals surface area contributed by atoms with Crippen LogP contribution in [0.4, 0.5) is 0 Å². The molecule has 9 heteroatoms. The van der Waals surface area contributed by atoms with Crippen LogP contribution in [0.2, 0.25) is 0 Å². The summed E-state index contributed by atoms with van der Waals surface area (Å²) < 4.78 is 1.37. The number of rotatable bonds is 11. The SMILES string of the molecule is NC(=O)CSc1nnc(SCC(=O)NCCC(c2ccccc2)c2ccccc2)s1. The summed E-state index contributed by atoms with van der Waals surface area (Å²) >= 11 is 3.95. The summed E-state index contributed by atoms with van der Waals surface area (Å²) in [5.41, 5.74) is 7.60. The Balaban J connectivity index is 1.47. The van der Waals surface area contributed by atoms with Gasteiger partial charge in [0.25, 0.3) is 0 Å². The molecule has 0 aliphatic carbocycles. The van der Waals surface area contributed by atoms with Crippen molar-refractivity contribution in [3.63, 3.8) is 0 Å². The predicted molar refractivity (Wildman–Crippen MR) is 123 cm³/mol. The van der Waals surface area contributed by atoms with Gasteiger partial charge < -0.3 is 11.1 Å². The lowest BCUT2D eigenvalue weighted by atomic mass is 9.88. The van der Waals surface area contributed by atoms with Crippen LogP contribution in [0.15, 0.2) is 69.3 Å². The van der Waals surface area contributed by atoms with Gasteiger partial charge in [-0.2, -0.15) is 0 Å². The zero-order valence-corrected chi connectivity index (χ0v) is 18.6. The van der Waals surface area contributed by atoms with Crippen LogP contribution in [-0.2, 0) is 9.59 Å². The molecular formula is C21H22N4O2S3. The molecule has 0 atom stereocenters. The predicted octanol–water partition coefficient (Wildman–Crippen LogP) is 3.55. The molecule has 0 radical (unpaired) electrons. The number of benzene rings is 2. The number of carbonyl (C=O) groups is 2. The molecule has 6 nitrogen and oxygen atoms in total. The van der Waals surface area contributed by atoms with Gasteiger partial charge in [-0.15, -0.1) is 10.2 Å². The van der Waals surface area contributed by atoms with Crippen molar-refractivity contribution in [1.82, 2.24) is 15.5 Å². The second-order valence-electron chi connectivity index (χ2n) is 6.39. The number of primary amides is 1. The van der Waals surface area contributed by atoms with Crippen molar-refractivity contribution in [3.05, 3.63) is 71.8 Å². The van der Waals surface area contributed by atoms with E-state index in [1.54, 1.807) is 0 Å². The molecular weight excluding hydrogens is 436 g/mol. The van der Waals surface area contributed by atoms with E-state index in [0.29, 0.717) is 15.2 Å². The maximum absolute atomic E-state index is 12.3. The van der Waals surface area contributed by atoms with Gasteiger partial charge in [0.1, 0.15) is 0 Å². The van der Waals surface area contributed by atoms with Gasteiger partial charge in [0.05, 0.1) is 11.5 Å². The fourth-order valence-electron chi connectivity index (χ4n) is 2.88. The third kappa shape index (κ3) is 7.16. The van der Waals surface area contributed by atoms with Gasteiger partial charge >= 0.3 is 0 Å². The van der Waals surface area contributed by atoms with E-state index in [4.69, 9.17) is 5.73 Å². The third-order valence-electron chi connectivity index (χ3n) is 4.21. The summed E-state index contributed by atoms with van der Waals surface area (Å²) in [6.45, 7) is 0.587. The van der Waals surface area contributed by atoms with E-state index in [1.807, 2.05) is 36.4 Å². The van der Waals surface area contributed by atoms with Crippen molar-refractivity contribution < 1.29 is 9.59 Å². The number of nitrogens with zero attached hydrogens (tertiary/aromatic N) is 2. The van der Waals surface area contributed by atoms with Gasteiger partial charge in [-0.1, -0.05) is 95.5 Å². The van der Waals surface area contributed by atoms with Crippen molar-refractivity contribution in [3.8, 4) is 0 Å². The number of carbonyl (C=O) groups excluding carboxylic acids is 2. The number of aromatic nitrogens is 2. The average Bonchev–Trinajstić information content (AvgIpc) is 3.23. The van der Waals surface area contributed by atoms with Crippen LogP contribution >= 0.6 is 34.9 Å². The molecule has 3 rings (SSSR count). The molecule has 0 fully saturated rings. The van der Waals surface area contributed by atoms with Crippen molar-refractivity contribution in [2.45, 2.75) is 21.0 Å². The Hall–Kier alpha value is -2.36. The third-order valence-corrected chi connectivity index (χ3v) is 7.42. The van der Waals surface area contributed by atoms with E-state index in [9.17, 15) is 9.59 Å². The number of nitrogens with two attached hydrogens (primary N) is 1. The Morgan fingerprint density at radius 1 is 0.900 bits per heavy atom. The minimum absolute atomic E-state index is 0.0404. The lowest BCUT2D eigenvalue weighted by Gasteiger charge is -2.18. The Morgan fingerprint density at radius 3 is 1.97 bits per heavy atom. The molecule has 3 N–H and O–H groups in total. The number of amides is 2. The highest BCUT2D eigenvalue weighted by atomic mass is 32.2. The van der Waals surface area contributed by atoms with Crippen LogP contribution in [0, 0.1) is 0 Å². The topological polar surface area (TPSA) is 98.0 Å². The second kappa shape index (κ2) is 11.7. The highest BCUT2D eigenvalue weighted by molar-refractivity contribution is 8.03. The minimum Gasteiger partial charge on any atom is -0.369 e. The van der Waals surface area contributed by atoms with E-state index in [0.717, 1.165) is 6.42 Å². The maximum Gasteiger partial charge on any atom is 0.230 e. The Bertz CT molecular complexity index is 912. The monoisotopic (exact) mass is 458 g/mol. The summed E-state index contributed by atoms with van der Waals surface area (Å²) in [5.74, 6) is 0.239. The van der Waals surface area contributed by atoms with Gasteiger partial charge in [0.15, 0.2) is 8.68 Å². The summed E-state index contributed by atoms with van der Waals surface area (Å²) in [6.07, 6.45) is 0.817. The first-order chi connectivity index (χ1) is 14.6. The zero-order chi connectivity index (χ0) is 21.2. The highest BCUT2D eigenvalue weighted by Gasteiger charge is 2.14. The van der Waals surface area contributed by atoms with E-state index in [-0.39, 0.29) is 23.3 Å². The summed E-state index contributed by atoms with van der Waals surface area (Å²) in [5, 5.41) is 11.0. The zero-order valence-electron chi connectivity index (χ0n) is 16.2. The van der Waals surface area contributed by atoms with Gasteiger partial charge in [-0.05, 0) is 17.5 Å². The Labute approximate surface area is 188 Å². The molecule has 3 aromatic rings. The van der Waals surface area contributed by atoms with Gasteiger partial charge in [0, 0.05) is 12.5 Å². The molecule has 0 saturated carbocycles. The summed E-state index contributed by atoms with van der Waals surface area (Å²) in [7, 11) is 0. The van der Waals surface area contributed by atoms with Crippen molar-refractivity contribution in [1.29, 1.82) is 0 Å². The van der Waals surface area contributed by atoms with E-state index in [1.165, 1.54) is 46.0 Å². The normalized spacial score (nSPS) is 10.8. The van der Waals surface area contributed by atoms with Gasteiger partial charge in [-0.3, -0.25) is 9.59 Å². The first-order valence-corrected chi connectivity index (χ1v) is 12.1. The van der Waals surface area contributed by atoms with Crippen LogP contribution < -0.4 is 11.1 Å². The standard InChI is InChI=1S/C21H22N4O2S3/c22-18(26)13-28-20-24-25-21(30-20)29-14-19(27)23-12-11-17(15-7-3-1-4-8-15)16-9-5-2-6-10-16/h1-10,17H,11-14H2,(H2,22,26)(H,23,27). The number of hydrogen-bond acceptors (Lipinski definition) is 7.